The Hall–Kier alpha value is -2.35. The van der Waals surface area contributed by atoms with Crippen LogP contribution in [0, 0.1) is 6.92 Å². The van der Waals surface area contributed by atoms with Crippen molar-refractivity contribution in [2.75, 3.05) is 5.32 Å². The summed E-state index contributed by atoms with van der Waals surface area (Å²) in [5.74, 6) is -0.508. The number of rotatable bonds is 3. The number of aryl methyl sites for hydroxylation is 1. The predicted octanol–water partition coefficient (Wildman–Crippen LogP) is 2.09. The van der Waals surface area contributed by atoms with E-state index in [9.17, 15) is 4.79 Å². The van der Waals surface area contributed by atoms with Crippen LogP contribution in [0.2, 0.25) is 0 Å². The Morgan fingerprint density at radius 1 is 1.50 bits per heavy atom. The van der Waals surface area contributed by atoms with E-state index in [1.54, 1.807) is 25.1 Å². The summed E-state index contributed by atoms with van der Waals surface area (Å²) in [7, 11) is 0. The molecule has 0 atom stereocenters. The van der Waals surface area contributed by atoms with E-state index >= 15 is 0 Å². The third-order valence-corrected chi connectivity index (χ3v) is 2.96. The van der Waals surface area contributed by atoms with E-state index in [1.807, 2.05) is 0 Å². The number of aromatic nitrogens is 1. The van der Waals surface area contributed by atoms with E-state index in [0.717, 1.165) is 4.47 Å². The molecule has 0 unspecified atom stereocenters. The lowest BCUT2D eigenvalue weighted by Gasteiger charge is -2.09. The van der Waals surface area contributed by atoms with Crippen LogP contribution in [0.3, 0.4) is 0 Å². The summed E-state index contributed by atoms with van der Waals surface area (Å²) in [6.45, 7) is 1.71. The number of halogens is 1. The third-order valence-electron chi connectivity index (χ3n) is 2.47. The average molecular weight is 339 g/mol. The van der Waals surface area contributed by atoms with Gasteiger partial charge in [-0.1, -0.05) is 26.2 Å². The lowest BCUT2D eigenvalue weighted by atomic mass is 10.1. The van der Waals surface area contributed by atoms with Gasteiger partial charge in [-0.25, -0.2) is 0 Å². The summed E-state index contributed by atoms with van der Waals surface area (Å²) in [5.41, 5.74) is 6.95. The molecular formula is C12H11BrN4O3. The molecule has 1 aromatic carbocycles. The van der Waals surface area contributed by atoms with Gasteiger partial charge in [-0.3, -0.25) is 4.79 Å². The Kier molecular flexibility index (Phi) is 4.04. The minimum atomic E-state index is -0.472. The molecular weight excluding hydrogens is 328 g/mol. The molecule has 0 aliphatic heterocycles. The number of hydrogen-bond acceptors (Lipinski definition) is 5. The number of nitrogens with zero attached hydrogens (tertiary/aromatic N) is 2. The van der Waals surface area contributed by atoms with Crippen molar-refractivity contribution in [2.45, 2.75) is 6.92 Å². The molecule has 1 aromatic heterocycles. The molecule has 2 rings (SSSR count). The number of nitrogens with one attached hydrogen (secondary N) is 1. The number of carbonyl (C=O) groups is 1. The zero-order chi connectivity index (χ0) is 14.7. The Labute approximate surface area is 122 Å². The van der Waals surface area contributed by atoms with Gasteiger partial charge in [-0.15, -0.1) is 0 Å². The first kappa shape index (κ1) is 14.1. The largest absolute Gasteiger partial charge is 0.409 e. The van der Waals surface area contributed by atoms with Gasteiger partial charge in [0.15, 0.2) is 5.84 Å². The second-order valence-corrected chi connectivity index (χ2v) is 4.88. The number of nitrogens with two attached hydrogens (primary N) is 1. The number of amides is 1. The fourth-order valence-corrected chi connectivity index (χ4v) is 1.91. The smallest absolute Gasteiger partial charge is 0.294 e. The summed E-state index contributed by atoms with van der Waals surface area (Å²) >= 11 is 3.27. The van der Waals surface area contributed by atoms with E-state index in [1.165, 1.54) is 6.07 Å². The lowest BCUT2D eigenvalue weighted by Crippen LogP contribution is -2.19. The fourth-order valence-electron chi connectivity index (χ4n) is 1.55. The van der Waals surface area contributed by atoms with Gasteiger partial charge in [0.1, 0.15) is 0 Å². The van der Waals surface area contributed by atoms with Crippen LogP contribution >= 0.6 is 15.9 Å². The fraction of sp³-hybridized carbons (Fsp3) is 0.0833. The molecule has 4 N–H and O–H groups in total. The van der Waals surface area contributed by atoms with Crippen molar-refractivity contribution in [3.63, 3.8) is 0 Å². The van der Waals surface area contributed by atoms with Gasteiger partial charge in [0.25, 0.3) is 5.91 Å². The Morgan fingerprint density at radius 3 is 2.85 bits per heavy atom. The maximum Gasteiger partial charge on any atom is 0.294 e. The molecule has 0 bridgehead atoms. The van der Waals surface area contributed by atoms with Crippen molar-refractivity contribution in [3.8, 4) is 0 Å². The monoisotopic (exact) mass is 338 g/mol. The standard InChI is InChI=1S/C12H11BrN4O3/c1-6-4-10(20-17-6)12(18)15-9-3-2-7(13)5-8(9)11(14)16-19/h2-5,19H,1H3,(H2,14,16)(H,15,18). The number of carbonyl (C=O) groups excluding carboxylic acids is 1. The maximum atomic E-state index is 12.0. The van der Waals surface area contributed by atoms with Crippen molar-refractivity contribution < 1.29 is 14.5 Å². The Morgan fingerprint density at radius 2 is 2.25 bits per heavy atom. The van der Waals surface area contributed by atoms with Crippen LogP contribution in [0.15, 0.2) is 38.4 Å². The van der Waals surface area contributed by atoms with Crippen LogP contribution in [0.5, 0.6) is 0 Å². The minimum Gasteiger partial charge on any atom is -0.409 e. The van der Waals surface area contributed by atoms with Crippen molar-refractivity contribution in [2.24, 2.45) is 10.9 Å². The van der Waals surface area contributed by atoms with E-state index < -0.39 is 5.91 Å². The SMILES string of the molecule is Cc1cc(C(=O)Nc2ccc(Br)cc2/C(N)=N/O)on1. The molecule has 8 heteroatoms. The zero-order valence-electron chi connectivity index (χ0n) is 10.4. The van der Waals surface area contributed by atoms with Gasteiger partial charge in [-0.05, 0) is 25.1 Å². The minimum absolute atomic E-state index is 0.0795. The quantitative estimate of drug-likeness (QED) is 0.343. The normalized spacial score (nSPS) is 11.4. The van der Waals surface area contributed by atoms with E-state index in [0.29, 0.717) is 16.9 Å². The molecule has 0 saturated carbocycles. The molecule has 1 heterocycles. The first-order valence-electron chi connectivity index (χ1n) is 5.53. The highest BCUT2D eigenvalue weighted by Crippen LogP contribution is 2.21. The summed E-state index contributed by atoms with van der Waals surface area (Å²) in [5, 5.41) is 17.9. The van der Waals surface area contributed by atoms with Crippen LogP contribution < -0.4 is 11.1 Å². The zero-order valence-corrected chi connectivity index (χ0v) is 12.0. The van der Waals surface area contributed by atoms with E-state index in [4.69, 9.17) is 15.5 Å². The lowest BCUT2D eigenvalue weighted by molar-refractivity contribution is 0.0988. The highest BCUT2D eigenvalue weighted by atomic mass is 79.9. The number of anilines is 1. The van der Waals surface area contributed by atoms with E-state index in [-0.39, 0.29) is 11.6 Å². The Bertz CT molecular complexity index is 681. The van der Waals surface area contributed by atoms with Gasteiger partial charge in [-0.2, -0.15) is 0 Å². The summed E-state index contributed by atoms with van der Waals surface area (Å²) < 4.78 is 5.60. The van der Waals surface area contributed by atoms with Crippen molar-refractivity contribution in [3.05, 3.63) is 45.8 Å². The second-order valence-electron chi connectivity index (χ2n) is 3.96. The van der Waals surface area contributed by atoms with Gasteiger partial charge in [0.2, 0.25) is 5.76 Å². The van der Waals surface area contributed by atoms with Crippen molar-refractivity contribution >= 4 is 33.4 Å². The van der Waals surface area contributed by atoms with Crippen LogP contribution in [-0.2, 0) is 0 Å². The van der Waals surface area contributed by atoms with Gasteiger partial charge in [0.05, 0.1) is 11.4 Å². The van der Waals surface area contributed by atoms with Crippen LogP contribution in [0.4, 0.5) is 5.69 Å². The number of hydrogen-bond donors (Lipinski definition) is 3. The highest BCUT2D eigenvalue weighted by Gasteiger charge is 2.15. The molecule has 7 nitrogen and oxygen atoms in total. The number of oxime groups is 1. The summed E-state index contributed by atoms with van der Waals surface area (Å²) in [6.07, 6.45) is 0. The molecule has 104 valence electrons. The molecule has 1 amide bonds. The van der Waals surface area contributed by atoms with Gasteiger partial charge < -0.3 is 20.8 Å². The molecule has 0 radical (unpaired) electrons. The highest BCUT2D eigenvalue weighted by molar-refractivity contribution is 9.10. The van der Waals surface area contributed by atoms with Crippen LogP contribution in [0.1, 0.15) is 21.8 Å². The van der Waals surface area contributed by atoms with Gasteiger partial charge >= 0.3 is 0 Å². The topological polar surface area (TPSA) is 114 Å². The molecule has 0 fully saturated rings. The predicted molar refractivity (Wildman–Crippen MR) is 75.8 cm³/mol. The van der Waals surface area contributed by atoms with Crippen molar-refractivity contribution in [1.29, 1.82) is 0 Å². The van der Waals surface area contributed by atoms with Gasteiger partial charge in [0, 0.05) is 16.1 Å². The molecule has 0 spiro atoms. The average Bonchev–Trinajstić information content (AvgIpc) is 2.86. The maximum absolute atomic E-state index is 12.0. The molecule has 2 aromatic rings. The second kappa shape index (κ2) is 5.74. The molecule has 0 aliphatic carbocycles. The first-order chi connectivity index (χ1) is 9.51. The van der Waals surface area contributed by atoms with E-state index in [2.05, 4.69) is 31.6 Å². The summed E-state index contributed by atoms with van der Waals surface area (Å²) in [6, 6.07) is 6.47. The summed E-state index contributed by atoms with van der Waals surface area (Å²) in [4.78, 5) is 12.0. The number of amidine groups is 1. The first-order valence-corrected chi connectivity index (χ1v) is 6.32. The van der Waals surface area contributed by atoms with Crippen LogP contribution in [-0.4, -0.2) is 22.1 Å². The Balaban J connectivity index is 2.32. The number of benzene rings is 1. The molecule has 0 aliphatic rings. The van der Waals surface area contributed by atoms with Crippen molar-refractivity contribution in [1.82, 2.24) is 5.16 Å². The third kappa shape index (κ3) is 2.97. The molecule has 0 saturated heterocycles. The molecule has 20 heavy (non-hydrogen) atoms. The van der Waals surface area contributed by atoms with Crippen LogP contribution in [0.25, 0.3) is 0 Å².